The summed E-state index contributed by atoms with van der Waals surface area (Å²) in [5, 5.41) is 6.27. The number of carbonyl (C=O) groups is 2. The Hall–Kier alpha value is -1.95. The van der Waals surface area contributed by atoms with Gasteiger partial charge < -0.3 is 20.1 Å². The van der Waals surface area contributed by atoms with Crippen LogP contribution in [0.25, 0.3) is 0 Å². The fourth-order valence-electron chi connectivity index (χ4n) is 6.04. The van der Waals surface area contributed by atoms with Crippen molar-refractivity contribution in [3.8, 4) is 11.5 Å². The van der Waals surface area contributed by atoms with E-state index in [1.807, 2.05) is 0 Å². The minimum atomic E-state index is -0.196. The monoisotopic (exact) mass is 420 g/mol. The van der Waals surface area contributed by atoms with Gasteiger partial charge in [-0.2, -0.15) is 0 Å². The maximum absolute atomic E-state index is 13.0. The van der Waals surface area contributed by atoms with Gasteiger partial charge in [-0.15, -0.1) is 0 Å². The van der Waals surface area contributed by atoms with E-state index in [0.717, 1.165) is 37.0 Å². The van der Waals surface area contributed by atoms with Gasteiger partial charge in [-0.3, -0.25) is 9.59 Å². The normalized spacial score (nSPS) is 29.4. The molecule has 0 heterocycles. The molecule has 0 aromatic heterocycles. The van der Waals surface area contributed by atoms with Crippen LogP contribution in [0.5, 0.6) is 11.5 Å². The van der Waals surface area contributed by atoms with Crippen LogP contribution in [0.2, 0.25) is 5.02 Å². The quantitative estimate of drug-likeness (QED) is 0.698. The highest BCUT2D eigenvalue weighted by atomic mass is 35.5. The Morgan fingerprint density at radius 1 is 1.03 bits per heavy atom. The van der Waals surface area contributed by atoms with Gasteiger partial charge in [0.1, 0.15) is 11.5 Å². The van der Waals surface area contributed by atoms with Crippen LogP contribution >= 0.6 is 11.6 Å². The number of amides is 2. The molecular formula is C22H29ClN2O4. The molecule has 2 N–H and O–H groups in total. The summed E-state index contributed by atoms with van der Waals surface area (Å²) in [7, 11) is 3.03. The van der Waals surface area contributed by atoms with E-state index in [1.54, 1.807) is 12.1 Å². The third kappa shape index (κ3) is 4.04. The molecular weight excluding hydrogens is 392 g/mol. The third-order valence-electron chi connectivity index (χ3n) is 6.91. The zero-order valence-electron chi connectivity index (χ0n) is 17.1. The molecule has 4 saturated carbocycles. The maximum Gasteiger partial charge on any atom is 0.226 e. The molecule has 7 heteroatoms. The van der Waals surface area contributed by atoms with E-state index in [1.165, 1.54) is 33.5 Å². The Morgan fingerprint density at radius 2 is 1.62 bits per heavy atom. The predicted octanol–water partition coefficient (Wildman–Crippen LogP) is 4.02. The number of halogens is 1. The van der Waals surface area contributed by atoms with Gasteiger partial charge in [0, 0.05) is 30.5 Å². The van der Waals surface area contributed by atoms with Crippen molar-refractivity contribution in [2.75, 3.05) is 26.1 Å². The Kier molecular flexibility index (Phi) is 5.65. The molecule has 4 aliphatic carbocycles. The van der Waals surface area contributed by atoms with E-state index in [-0.39, 0.29) is 23.7 Å². The van der Waals surface area contributed by atoms with E-state index in [4.69, 9.17) is 21.1 Å². The van der Waals surface area contributed by atoms with Crippen LogP contribution in [0.1, 0.15) is 44.9 Å². The number of methoxy groups -OCH3 is 2. The van der Waals surface area contributed by atoms with Gasteiger partial charge >= 0.3 is 0 Å². The predicted molar refractivity (Wildman–Crippen MR) is 111 cm³/mol. The van der Waals surface area contributed by atoms with Crippen LogP contribution in [0, 0.1) is 23.2 Å². The minimum Gasteiger partial charge on any atom is -0.495 e. The number of hydrogen-bond acceptors (Lipinski definition) is 4. The standard InChI is InChI=1S/C22H29ClN2O4/c1-28-18-9-17(19(29-2)8-16(18)23)25-20(26)3-4-24-21(27)22-10-13-5-14(11-22)7-15(6-13)12-22/h8-9,13-15H,3-7,10-12H2,1-2H3,(H,24,27)(H,25,26). The number of ether oxygens (including phenoxy) is 2. The van der Waals surface area contributed by atoms with E-state index >= 15 is 0 Å². The summed E-state index contributed by atoms with van der Waals surface area (Å²) >= 11 is 6.10. The Morgan fingerprint density at radius 3 is 2.17 bits per heavy atom. The molecule has 1 aromatic carbocycles. The van der Waals surface area contributed by atoms with Crippen LogP contribution in [-0.4, -0.2) is 32.6 Å². The lowest BCUT2D eigenvalue weighted by Gasteiger charge is -2.55. The first-order chi connectivity index (χ1) is 13.9. The van der Waals surface area contributed by atoms with Gasteiger partial charge in [-0.1, -0.05) is 11.6 Å². The average Bonchev–Trinajstić information content (AvgIpc) is 2.67. The van der Waals surface area contributed by atoms with Crippen molar-refractivity contribution in [2.45, 2.75) is 44.9 Å². The van der Waals surface area contributed by atoms with Crippen molar-refractivity contribution >= 4 is 29.1 Å². The Labute approximate surface area is 176 Å². The number of carbonyl (C=O) groups excluding carboxylic acids is 2. The molecule has 4 aliphatic rings. The molecule has 0 unspecified atom stereocenters. The molecule has 4 bridgehead atoms. The van der Waals surface area contributed by atoms with E-state index in [2.05, 4.69) is 10.6 Å². The SMILES string of the molecule is COc1cc(NC(=O)CCNC(=O)C23CC4CC(CC(C4)C2)C3)c(OC)cc1Cl. The van der Waals surface area contributed by atoms with Gasteiger partial charge in [0.15, 0.2) is 0 Å². The van der Waals surface area contributed by atoms with Crippen molar-refractivity contribution in [2.24, 2.45) is 23.2 Å². The summed E-state index contributed by atoms with van der Waals surface area (Å²) in [6.07, 6.45) is 7.20. The zero-order valence-corrected chi connectivity index (χ0v) is 17.8. The summed E-state index contributed by atoms with van der Waals surface area (Å²) < 4.78 is 10.5. The van der Waals surface area contributed by atoms with Gasteiger partial charge in [0.05, 0.1) is 24.9 Å². The van der Waals surface area contributed by atoms with Crippen molar-refractivity contribution in [3.05, 3.63) is 17.2 Å². The maximum atomic E-state index is 13.0. The van der Waals surface area contributed by atoms with E-state index in [0.29, 0.717) is 28.8 Å². The molecule has 0 atom stereocenters. The molecule has 0 saturated heterocycles. The van der Waals surface area contributed by atoms with Gasteiger partial charge in [-0.05, 0) is 56.3 Å². The summed E-state index contributed by atoms with van der Waals surface area (Å²) in [6, 6.07) is 3.23. The second-order valence-corrected chi connectivity index (χ2v) is 9.35. The van der Waals surface area contributed by atoms with Crippen LogP contribution < -0.4 is 20.1 Å². The summed E-state index contributed by atoms with van der Waals surface area (Å²) in [4.78, 5) is 25.4. The van der Waals surface area contributed by atoms with Crippen molar-refractivity contribution in [1.82, 2.24) is 5.32 Å². The summed E-state index contributed by atoms with van der Waals surface area (Å²) in [5.74, 6) is 3.04. The molecule has 6 nitrogen and oxygen atoms in total. The largest absolute Gasteiger partial charge is 0.495 e. The smallest absolute Gasteiger partial charge is 0.226 e. The second kappa shape index (κ2) is 8.05. The first-order valence-corrected chi connectivity index (χ1v) is 10.8. The third-order valence-corrected chi connectivity index (χ3v) is 7.20. The lowest BCUT2D eigenvalue weighted by molar-refractivity contribution is -0.146. The Balaban J connectivity index is 1.31. The van der Waals surface area contributed by atoms with Crippen LogP contribution in [0.4, 0.5) is 5.69 Å². The summed E-state index contributed by atoms with van der Waals surface area (Å²) in [6.45, 7) is 0.333. The topological polar surface area (TPSA) is 76.7 Å². The molecule has 2 amide bonds. The van der Waals surface area contributed by atoms with Crippen LogP contribution in [0.15, 0.2) is 12.1 Å². The number of nitrogens with one attached hydrogen (secondary N) is 2. The molecule has 29 heavy (non-hydrogen) atoms. The Bertz CT molecular complexity index is 775. The number of rotatable bonds is 7. The van der Waals surface area contributed by atoms with E-state index < -0.39 is 0 Å². The summed E-state index contributed by atoms with van der Waals surface area (Å²) in [5.41, 5.74) is 0.309. The number of benzene rings is 1. The zero-order chi connectivity index (χ0) is 20.6. The molecule has 0 spiro atoms. The molecule has 4 fully saturated rings. The van der Waals surface area contributed by atoms with Gasteiger partial charge in [0.2, 0.25) is 11.8 Å². The average molecular weight is 421 g/mol. The van der Waals surface area contributed by atoms with Gasteiger partial charge in [-0.25, -0.2) is 0 Å². The fourth-order valence-corrected chi connectivity index (χ4v) is 6.27. The molecule has 0 aliphatic heterocycles. The second-order valence-electron chi connectivity index (χ2n) is 8.94. The first-order valence-electron chi connectivity index (χ1n) is 10.4. The highest BCUT2D eigenvalue weighted by Crippen LogP contribution is 2.60. The van der Waals surface area contributed by atoms with Crippen molar-refractivity contribution < 1.29 is 19.1 Å². The molecule has 158 valence electrons. The highest BCUT2D eigenvalue weighted by Gasteiger charge is 2.54. The van der Waals surface area contributed by atoms with E-state index in [9.17, 15) is 9.59 Å². The molecule has 0 radical (unpaired) electrons. The van der Waals surface area contributed by atoms with Crippen LogP contribution in [-0.2, 0) is 9.59 Å². The van der Waals surface area contributed by atoms with Crippen molar-refractivity contribution in [3.63, 3.8) is 0 Å². The number of anilines is 1. The minimum absolute atomic E-state index is 0.148. The highest BCUT2D eigenvalue weighted by molar-refractivity contribution is 6.32. The van der Waals surface area contributed by atoms with Gasteiger partial charge in [0.25, 0.3) is 0 Å². The van der Waals surface area contributed by atoms with Crippen LogP contribution in [0.3, 0.4) is 0 Å². The lowest BCUT2D eigenvalue weighted by Crippen LogP contribution is -2.53. The number of hydrogen-bond donors (Lipinski definition) is 2. The first kappa shape index (κ1) is 20.3. The fraction of sp³-hybridized carbons (Fsp3) is 0.636. The lowest BCUT2D eigenvalue weighted by atomic mass is 9.49. The molecule has 1 aromatic rings. The molecule has 5 rings (SSSR count). The van der Waals surface area contributed by atoms with Crippen molar-refractivity contribution in [1.29, 1.82) is 0 Å².